The predicted molar refractivity (Wildman–Crippen MR) is 75.8 cm³/mol. The van der Waals surface area contributed by atoms with E-state index in [2.05, 4.69) is 11.0 Å². The number of nitrogen functional groups attached to an aromatic ring is 1. The SMILES string of the molecule is N=C(N)c1cccc(CN2CCCCCCC2)c1. The molecule has 3 heteroatoms. The highest BCUT2D eigenvalue weighted by atomic mass is 15.1. The second-order valence-electron chi connectivity index (χ2n) is 5.16. The van der Waals surface area contributed by atoms with Crippen molar-refractivity contribution in [1.29, 1.82) is 5.41 Å². The van der Waals surface area contributed by atoms with Gasteiger partial charge in [0.1, 0.15) is 5.84 Å². The highest BCUT2D eigenvalue weighted by Gasteiger charge is 2.09. The summed E-state index contributed by atoms with van der Waals surface area (Å²) in [5, 5.41) is 7.48. The molecule has 1 aromatic carbocycles. The largest absolute Gasteiger partial charge is 0.384 e. The van der Waals surface area contributed by atoms with E-state index in [1.165, 1.54) is 50.8 Å². The van der Waals surface area contributed by atoms with Crippen molar-refractivity contribution in [3.63, 3.8) is 0 Å². The van der Waals surface area contributed by atoms with Crippen LogP contribution in [0.3, 0.4) is 0 Å². The van der Waals surface area contributed by atoms with Crippen LogP contribution in [-0.4, -0.2) is 23.8 Å². The molecule has 0 aromatic heterocycles. The van der Waals surface area contributed by atoms with Gasteiger partial charge in [-0.15, -0.1) is 0 Å². The van der Waals surface area contributed by atoms with Crippen molar-refractivity contribution in [2.45, 2.75) is 38.6 Å². The van der Waals surface area contributed by atoms with Crippen LogP contribution in [0.2, 0.25) is 0 Å². The minimum atomic E-state index is 0.157. The quantitative estimate of drug-likeness (QED) is 0.635. The summed E-state index contributed by atoms with van der Waals surface area (Å²) in [5.74, 6) is 0.157. The predicted octanol–water partition coefficient (Wildman–Crippen LogP) is 2.74. The number of rotatable bonds is 3. The fourth-order valence-corrected chi connectivity index (χ4v) is 2.57. The summed E-state index contributed by atoms with van der Waals surface area (Å²) in [6.07, 6.45) is 6.75. The van der Waals surface area contributed by atoms with Gasteiger partial charge < -0.3 is 5.73 Å². The van der Waals surface area contributed by atoms with E-state index in [9.17, 15) is 0 Å². The maximum atomic E-state index is 7.48. The van der Waals surface area contributed by atoms with Crippen LogP contribution >= 0.6 is 0 Å². The van der Waals surface area contributed by atoms with Gasteiger partial charge >= 0.3 is 0 Å². The van der Waals surface area contributed by atoms with E-state index in [4.69, 9.17) is 11.1 Å². The molecule has 98 valence electrons. The summed E-state index contributed by atoms with van der Waals surface area (Å²) in [6.45, 7) is 3.38. The third kappa shape index (κ3) is 3.84. The number of nitrogens with zero attached hydrogens (tertiary/aromatic N) is 1. The summed E-state index contributed by atoms with van der Waals surface area (Å²) >= 11 is 0. The van der Waals surface area contributed by atoms with Crippen molar-refractivity contribution in [3.8, 4) is 0 Å². The Bertz CT molecular complexity index is 392. The average molecular weight is 245 g/mol. The first kappa shape index (κ1) is 13.1. The molecule has 1 fully saturated rings. The Kier molecular flexibility index (Phi) is 4.76. The van der Waals surface area contributed by atoms with Crippen molar-refractivity contribution < 1.29 is 0 Å². The lowest BCUT2D eigenvalue weighted by Crippen LogP contribution is -2.27. The van der Waals surface area contributed by atoms with Gasteiger partial charge in [-0.05, 0) is 37.6 Å². The van der Waals surface area contributed by atoms with Crippen LogP contribution in [0.15, 0.2) is 24.3 Å². The Morgan fingerprint density at radius 3 is 2.44 bits per heavy atom. The van der Waals surface area contributed by atoms with E-state index >= 15 is 0 Å². The van der Waals surface area contributed by atoms with Crippen LogP contribution in [0.5, 0.6) is 0 Å². The molecule has 0 saturated carbocycles. The van der Waals surface area contributed by atoms with E-state index in [0.717, 1.165) is 12.1 Å². The van der Waals surface area contributed by atoms with Crippen molar-refractivity contribution in [2.24, 2.45) is 5.73 Å². The van der Waals surface area contributed by atoms with Gasteiger partial charge in [-0.3, -0.25) is 10.3 Å². The summed E-state index contributed by atoms with van der Waals surface area (Å²) < 4.78 is 0. The molecule has 0 bridgehead atoms. The van der Waals surface area contributed by atoms with E-state index in [-0.39, 0.29) is 5.84 Å². The van der Waals surface area contributed by atoms with Crippen molar-refractivity contribution in [3.05, 3.63) is 35.4 Å². The number of nitrogens with two attached hydrogens (primary N) is 1. The highest BCUT2D eigenvalue weighted by molar-refractivity contribution is 5.95. The van der Waals surface area contributed by atoms with Crippen LogP contribution in [0.4, 0.5) is 0 Å². The summed E-state index contributed by atoms with van der Waals surface area (Å²) in [4.78, 5) is 2.53. The zero-order valence-corrected chi connectivity index (χ0v) is 11.0. The van der Waals surface area contributed by atoms with Crippen LogP contribution in [0, 0.1) is 5.41 Å². The zero-order chi connectivity index (χ0) is 12.8. The average Bonchev–Trinajstić information content (AvgIpc) is 2.33. The van der Waals surface area contributed by atoms with Crippen LogP contribution in [0.25, 0.3) is 0 Å². The van der Waals surface area contributed by atoms with Gasteiger partial charge in [-0.1, -0.05) is 37.5 Å². The molecule has 1 aromatic rings. The number of hydrogen-bond acceptors (Lipinski definition) is 2. The first-order chi connectivity index (χ1) is 8.75. The first-order valence-corrected chi connectivity index (χ1v) is 6.91. The minimum absolute atomic E-state index is 0.157. The van der Waals surface area contributed by atoms with Gasteiger partial charge in [0.2, 0.25) is 0 Å². The smallest absolute Gasteiger partial charge is 0.122 e. The molecule has 18 heavy (non-hydrogen) atoms. The zero-order valence-electron chi connectivity index (χ0n) is 11.0. The number of benzene rings is 1. The van der Waals surface area contributed by atoms with E-state index in [1.807, 2.05) is 18.2 Å². The van der Waals surface area contributed by atoms with Crippen LogP contribution < -0.4 is 5.73 Å². The molecule has 0 unspecified atom stereocenters. The van der Waals surface area contributed by atoms with E-state index in [1.54, 1.807) is 0 Å². The lowest BCUT2D eigenvalue weighted by atomic mass is 10.1. The van der Waals surface area contributed by atoms with Gasteiger partial charge in [0.25, 0.3) is 0 Å². The molecule has 1 saturated heterocycles. The van der Waals surface area contributed by atoms with Gasteiger partial charge in [0, 0.05) is 12.1 Å². The summed E-state index contributed by atoms with van der Waals surface area (Å²) in [6, 6.07) is 8.07. The molecule has 0 aliphatic carbocycles. The normalized spacial score (nSPS) is 18.0. The molecular weight excluding hydrogens is 222 g/mol. The van der Waals surface area contributed by atoms with Gasteiger partial charge in [-0.25, -0.2) is 0 Å². The van der Waals surface area contributed by atoms with Gasteiger partial charge in [0.05, 0.1) is 0 Å². The molecule has 1 heterocycles. The molecule has 0 atom stereocenters. The Morgan fingerprint density at radius 1 is 1.11 bits per heavy atom. The highest BCUT2D eigenvalue weighted by Crippen LogP contribution is 2.14. The van der Waals surface area contributed by atoms with Crippen LogP contribution in [-0.2, 0) is 6.54 Å². The third-order valence-electron chi connectivity index (χ3n) is 3.59. The lowest BCUT2D eigenvalue weighted by molar-refractivity contribution is 0.240. The Labute approximate surface area is 109 Å². The minimum Gasteiger partial charge on any atom is -0.384 e. The maximum Gasteiger partial charge on any atom is 0.122 e. The van der Waals surface area contributed by atoms with Crippen molar-refractivity contribution in [2.75, 3.05) is 13.1 Å². The third-order valence-corrected chi connectivity index (χ3v) is 3.59. The molecule has 0 amide bonds. The summed E-state index contributed by atoms with van der Waals surface area (Å²) in [7, 11) is 0. The number of hydrogen-bond donors (Lipinski definition) is 2. The molecule has 2 rings (SSSR count). The number of likely N-dealkylation sites (tertiary alicyclic amines) is 1. The number of amidine groups is 1. The molecule has 3 N–H and O–H groups in total. The van der Waals surface area contributed by atoms with Crippen molar-refractivity contribution in [1.82, 2.24) is 4.90 Å². The standard InChI is InChI=1S/C15H23N3/c16-15(17)14-8-6-7-13(11-14)12-18-9-4-2-1-3-5-10-18/h6-8,11H,1-5,9-10,12H2,(H3,16,17). The van der Waals surface area contributed by atoms with Crippen molar-refractivity contribution >= 4 is 5.84 Å². The second-order valence-corrected chi connectivity index (χ2v) is 5.16. The molecule has 1 aliphatic rings. The molecule has 3 nitrogen and oxygen atoms in total. The fourth-order valence-electron chi connectivity index (χ4n) is 2.57. The Hall–Kier alpha value is -1.35. The second kappa shape index (κ2) is 6.55. The van der Waals surface area contributed by atoms with Gasteiger partial charge in [-0.2, -0.15) is 0 Å². The first-order valence-electron chi connectivity index (χ1n) is 6.91. The Balaban J connectivity index is 1.98. The molecular formula is C15H23N3. The maximum absolute atomic E-state index is 7.48. The monoisotopic (exact) mass is 245 g/mol. The number of nitrogens with one attached hydrogen (secondary N) is 1. The van der Waals surface area contributed by atoms with E-state index in [0.29, 0.717) is 0 Å². The molecule has 0 spiro atoms. The molecule has 1 aliphatic heterocycles. The Morgan fingerprint density at radius 2 is 1.78 bits per heavy atom. The summed E-state index contributed by atoms with van der Waals surface area (Å²) in [5.41, 5.74) is 7.63. The molecule has 0 radical (unpaired) electrons. The lowest BCUT2D eigenvalue weighted by Gasteiger charge is -2.24. The topological polar surface area (TPSA) is 53.1 Å². The van der Waals surface area contributed by atoms with Crippen LogP contribution in [0.1, 0.15) is 43.2 Å². The fraction of sp³-hybridized carbons (Fsp3) is 0.533. The van der Waals surface area contributed by atoms with Gasteiger partial charge in [0.15, 0.2) is 0 Å². The van der Waals surface area contributed by atoms with E-state index < -0.39 is 0 Å².